The summed E-state index contributed by atoms with van der Waals surface area (Å²) in [6.45, 7) is 2.62. The summed E-state index contributed by atoms with van der Waals surface area (Å²) in [7, 11) is 0. The lowest BCUT2D eigenvalue weighted by Gasteiger charge is -2.32. The number of amides is 1. The van der Waals surface area contributed by atoms with Crippen LogP contribution in [-0.4, -0.2) is 40.1 Å². The zero-order valence-corrected chi connectivity index (χ0v) is 13.9. The Morgan fingerprint density at radius 2 is 2.17 bits per heavy atom. The molecule has 2 aliphatic rings. The number of aromatic amines is 1. The predicted octanol–water partition coefficient (Wildman–Crippen LogP) is 2.63. The van der Waals surface area contributed by atoms with E-state index in [-0.39, 0.29) is 0 Å². The molecular weight excluding hydrogens is 308 g/mol. The van der Waals surface area contributed by atoms with E-state index in [9.17, 15) is 4.79 Å². The number of hydrogen-bond donors (Lipinski definition) is 2. The second-order valence-corrected chi connectivity index (χ2v) is 7.45. The summed E-state index contributed by atoms with van der Waals surface area (Å²) in [6.07, 6.45) is 6.20. The molecule has 0 radical (unpaired) electrons. The summed E-state index contributed by atoms with van der Waals surface area (Å²) >= 11 is 1.73. The summed E-state index contributed by atoms with van der Waals surface area (Å²) in [4.78, 5) is 15.4. The van der Waals surface area contributed by atoms with Crippen LogP contribution in [0.2, 0.25) is 0 Å². The number of likely N-dealkylation sites (tertiary alicyclic amines) is 1. The monoisotopic (exact) mass is 330 g/mol. The van der Waals surface area contributed by atoms with Crippen LogP contribution < -0.4 is 5.32 Å². The van der Waals surface area contributed by atoms with Gasteiger partial charge in [-0.2, -0.15) is 5.10 Å². The first-order chi connectivity index (χ1) is 11.3. The average Bonchev–Trinajstić information content (AvgIpc) is 3.10. The van der Waals surface area contributed by atoms with Gasteiger partial charge >= 0.3 is 0 Å². The van der Waals surface area contributed by atoms with Crippen molar-refractivity contribution in [1.29, 1.82) is 0 Å². The summed E-state index contributed by atoms with van der Waals surface area (Å²) < 4.78 is 0. The summed E-state index contributed by atoms with van der Waals surface area (Å²) in [5.41, 5.74) is 2.33. The molecule has 0 atom stereocenters. The maximum Gasteiger partial charge on any atom is 0.225 e. The topological polar surface area (TPSA) is 61.0 Å². The van der Waals surface area contributed by atoms with Crippen molar-refractivity contribution < 1.29 is 4.79 Å². The molecule has 4 rings (SSSR count). The average molecular weight is 330 g/mol. The number of aromatic nitrogens is 2. The normalized spacial score (nSPS) is 19.2. The Bertz CT molecular complexity index is 654. The molecular formula is C17H22N4OS. The van der Waals surface area contributed by atoms with Crippen LogP contribution in [0.25, 0.3) is 10.6 Å². The van der Waals surface area contributed by atoms with E-state index in [1.165, 1.54) is 10.4 Å². The van der Waals surface area contributed by atoms with Crippen LogP contribution >= 0.6 is 11.3 Å². The van der Waals surface area contributed by atoms with Gasteiger partial charge < -0.3 is 10.2 Å². The highest BCUT2D eigenvalue weighted by molar-refractivity contribution is 7.13. The van der Waals surface area contributed by atoms with E-state index in [4.69, 9.17) is 0 Å². The lowest BCUT2D eigenvalue weighted by Crippen LogP contribution is -2.45. The van der Waals surface area contributed by atoms with Crippen LogP contribution in [0, 0.1) is 5.92 Å². The Morgan fingerprint density at radius 1 is 1.35 bits per heavy atom. The molecule has 3 heterocycles. The van der Waals surface area contributed by atoms with Gasteiger partial charge in [-0.05, 0) is 37.1 Å². The zero-order chi connectivity index (χ0) is 15.6. The Morgan fingerprint density at radius 3 is 2.87 bits per heavy atom. The Hall–Kier alpha value is -1.66. The van der Waals surface area contributed by atoms with Gasteiger partial charge in [0.1, 0.15) is 0 Å². The van der Waals surface area contributed by atoms with E-state index in [1.807, 2.05) is 6.20 Å². The minimum Gasteiger partial charge on any atom is -0.342 e. The number of H-pyrrole nitrogens is 1. The van der Waals surface area contributed by atoms with Gasteiger partial charge in [-0.3, -0.25) is 9.89 Å². The number of hydrogen-bond acceptors (Lipinski definition) is 4. The molecule has 1 amide bonds. The van der Waals surface area contributed by atoms with Crippen molar-refractivity contribution in [2.45, 2.75) is 38.3 Å². The van der Waals surface area contributed by atoms with E-state index < -0.39 is 0 Å². The first-order valence-electron chi connectivity index (χ1n) is 8.39. The van der Waals surface area contributed by atoms with Crippen molar-refractivity contribution in [3.05, 3.63) is 29.3 Å². The molecule has 1 aliphatic carbocycles. The molecule has 2 fully saturated rings. The summed E-state index contributed by atoms with van der Waals surface area (Å²) in [5.74, 6) is 0.733. The molecule has 6 heteroatoms. The number of nitrogens with one attached hydrogen (secondary N) is 2. The Balaban J connectivity index is 1.29. The van der Waals surface area contributed by atoms with Crippen LogP contribution in [0.15, 0.2) is 23.7 Å². The van der Waals surface area contributed by atoms with E-state index in [0.717, 1.165) is 51.0 Å². The first kappa shape index (κ1) is 14.9. The standard InChI is InChI=1S/C17H22N4OS/c22-17(12-3-4-12)21-7-5-14(6-8-21)18-10-13-11-19-20-16(13)15-2-1-9-23-15/h1-2,9,11-12,14,18H,3-8,10H2,(H,19,20). The number of nitrogens with zero attached hydrogens (tertiary/aromatic N) is 2. The molecule has 0 aromatic carbocycles. The largest absolute Gasteiger partial charge is 0.342 e. The third-order valence-electron chi connectivity index (χ3n) is 4.80. The summed E-state index contributed by atoms with van der Waals surface area (Å²) in [5, 5.41) is 13.0. The second kappa shape index (κ2) is 6.45. The molecule has 5 nitrogen and oxygen atoms in total. The van der Waals surface area contributed by atoms with Crippen LogP contribution in [-0.2, 0) is 11.3 Å². The molecule has 2 aromatic heterocycles. The molecule has 1 aliphatic heterocycles. The molecule has 0 bridgehead atoms. The fourth-order valence-electron chi connectivity index (χ4n) is 3.23. The van der Waals surface area contributed by atoms with Crippen molar-refractivity contribution in [2.24, 2.45) is 5.92 Å². The molecule has 0 unspecified atom stereocenters. The van der Waals surface area contributed by atoms with Gasteiger partial charge in [0, 0.05) is 37.2 Å². The molecule has 0 spiro atoms. The fourth-order valence-corrected chi connectivity index (χ4v) is 3.98. The number of rotatable bonds is 5. The van der Waals surface area contributed by atoms with Gasteiger partial charge in [0.15, 0.2) is 0 Å². The lowest BCUT2D eigenvalue weighted by molar-refractivity contribution is -0.133. The van der Waals surface area contributed by atoms with Gasteiger partial charge in [0.2, 0.25) is 5.91 Å². The highest BCUT2D eigenvalue weighted by Crippen LogP contribution is 2.32. The molecule has 2 aromatic rings. The molecule has 2 N–H and O–H groups in total. The van der Waals surface area contributed by atoms with Crippen LogP contribution in [0.4, 0.5) is 0 Å². The minimum absolute atomic E-state index is 0.346. The molecule has 1 saturated carbocycles. The van der Waals surface area contributed by atoms with Gasteiger partial charge in [-0.1, -0.05) is 6.07 Å². The number of carbonyl (C=O) groups excluding carboxylic acids is 1. The smallest absolute Gasteiger partial charge is 0.225 e. The van der Waals surface area contributed by atoms with E-state index in [0.29, 0.717) is 17.9 Å². The van der Waals surface area contributed by atoms with Crippen molar-refractivity contribution in [3.63, 3.8) is 0 Å². The fraction of sp³-hybridized carbons (Fsp3) is 0.529. The highest BCUT2D eigenvalue weighted by atomic mass is 32.1. The van der Waals surface area contributed by atoms with Gasteiger partial charge in [-0.25, -0.2) is 0 Å². The zero-order valence-electron chi connectivity index (χ0n) is 13.1. The number of piperidine rings is 1. The van der Waals surface area contributed by atoms with Gasteiger partial charge in [0.05, 0.1) is 16.8 Å². The van der Waals surface area contributed by atoms with Crippen molar-refractivity contribution in [3.8, 4) is 10.6 Å². The predicted molar refractivity (Wildman–Crippen MR) is 91.1 cm³/mol. The van der Waals surface area contributed by atoms with Crippen LogP contribution in [0.3, 0.4) is 0 Å². The third kappa shape index (κ3) is 3.33. The molecule has 1 saturated heterocycles. The minimum atomic E-state index is 0.346. The first-order valence-corrected chi connectivity index (χ1v) is 9.27. The summed E-state index contributed by atoms with van der Waals surface area (Å²) in [6, 6.07) is 4.67. The Kier molecular flexibility index (Phi) is 4.18. The highest BCUT2D eigenvalue weighted by Gasteiger charge is 2.34. The van der Waals surface area contributed by atoms with Crippen LogP contribution in [0.1, 0.15) is 31.2 Å². The quantitative estimate of drug-likeness (QED) is 0.886. The van der Waals surface area contributed by atoms with E-state index in [1.54, 1.807) is 11.3 Å². The maximum atomic E-state index is 12.1. The van der Waals surface area contributed by atoms with Crippen LogP contribution in [0.5, 0.6) is 0 Å². The SMILES string of the molecule is O=C(C1CC1)N1CCC(NCc2cn[nH]c2-c2cccs2)CC1. The van der Waals surface area contributed by atoms with Crippen molar-refractivity contribution in [2.75, 3.05) is 13.1 Å². The van der Waals surface area contributed by atoms with Crippen molar-refractivity contribution in [1.82, 2.24) is 20.4 Å². The van der Waals surface area contributed by atoms with Gasteiger partial charge in [-0.15, -0.1) is 11.3 Å². The van der Waals surface area contributed by atoms with E-state index >= 15 is 0 Å². The lowest BCUT2D eigenvalue weighted by atomic mass is 10.0. The molecule has 122 valence electrons. The second-order valence-electron chi connectivity index (χ2n) is 6.50. The third-order valence-corrected chi connectivity index (χ3v) is 5.69. The number of carbonyl (C=O) groups is 1. The van der Waals surface area contributed by atoms with E-state index in [2.05, 4.69) is 37.9 Å². The van der Waals surface area contributed by atoms with Crippen molar-refractivity contribution >= 4 is 17.2 Å². The number of thiophene rings is 1. The van der Waals surface area contributed by atoms with Gasteiger partial charge in [0.25, 0.3) is 0 Å². The Labute approximate surface area is 140 Å². The maximum absolute atomic E-state index is 12.1. The molecule has 23 heavy (non-hydrogen) atoms.